The summed E-state index contributed by atoms with van der Waals surface area (Å²) >= 11 is 0. The molecule has 1 fully saturated rings. The van der Waals surface area contributed by atoms with Crippen LogP contribution >= 0.6 is 0 Å². The summed E-state index contributed by atoms with van der Waals surface area (Å²) in [6.45, 7) is 5.86. The fourth-order valence-electron chi connectivity index (χ4n) is 2.27. The molecule has 1 aliphatic heterocycles. The van der Waals surface area contributed by atoms with E-state index in [4.69, 9.17) is 9.47 Å². The molecule has 0 aliphatic carbocycles. The minimum atomic E-state index is -0.471. The lowest BCUT2D eigenvalue weighted by Crippen LogP contribution is -2.46. The number of imidazole rings is 1. The van der Waals surface area contributed by atoms with Crippen LogP contribution in [0.2, 0.25) is 0 Å². The van der Waals surface area contributed by atoms with Crippen LogP contribution in [-0.2, 0) is 27.4 Å². The predicted octanol–water partition coefficient (Wildman–Crippen LogP) is 0.667. The minimum absolute atomic E-state index is 0.299. The van der Waals surface area contributed by atoms with Gasteiger partial charge in [-0.05, 0) is 6.42 Å². The largest absolute Gasteiger partial charge is 0.467 e. The zero-order valence-corrected chi connectivity index (χ0v) is 11.5. The molecule has 106 valence electrons. The number of nitrogens with zero attached hydrogens (tertiary/aromatic N) is 3. The third kappa shape index (κ3) is 3.54. The molecular weight excluding hydrogens is 246 g/mol. The number of ether oxygens (including phenoxy) is 2. The molecule has 1 unspecified atom stereocenters. The SMILES string of the molecule is CCCn1cncc1CN1CCOC(C(=O)OC)C1. The predicted molar refractivity (Wildman–Crippen MR) is 69.6 cm³/mol. The van der Waals surface area contributed by atoms with Gasteiger partial charge in [-0.3, -0.25) is 4.90 Å². The van der Waals surface area contributed by atoms with Gasteiger partial charge in [-0.1, -0.05) is 6.92 Å². The fraction of sp³-hybridized carbons (Fsp3) is 0.692. The second-order valence-electron chi connectivity index (χ2n) is 4.70. The quantitative estimate of drug-likeness (QED) is 0.734. The van der Waals surface area contributed by atoms with Crippen LogP contribution in [-0.4, -0.2) is 53.3 Å². The molecule has 0 spiro atoms. The maximum atomic E-state index is 11.5. The van der Waals surface area contributed by atoms with Crippen molar-refractivity contribution in [3.05, 3.63) is 18.2 Å². The molecule has 1 aliphatic rings. The van der Waals surface area contributed by atoms with Gasteiger partial charge in [-0.25, -0.2) is 9.78 Å². The first-order valence-electron chi connectivity index (χ1n) is 6.65. The second-order valence-corrected chi connectivity index (χ2v) is 4.70. The zero-order chi connectivity index (χ0) is 13.7. The van der Waals surface area contributed by atoms with E-state index in [9.17, 15) is 4.79 Å². The maximum Gasteiger partial charge on any atom is 0.336 e. The molecule has 1 aromatic heterocycles. The molecule has 0 bridgehead atoms. The van der Waals surface area contributed by atoms with Crippen LogP contribution in [0, 0.1) is 0 Å². The molecule has 0 saturated carbocycles. The van der Waals surface area contributed by atoms with Crippen molar-refractivity contribution in [1.82, 2.24) is 14.5 Å². The topological polar surface area (TPSA) is 56.6 Å². The number of carbonyl (C=O) groups is 1. The summed E-state index contributed by atoms with van der Waals surface area (Å²) in [5, 5.41) is 0. The number of aromatic nitrogens is 2. The van der Waals surface area contributed by atoms with Gasteiger partial charge in [0.15, 0.2) is 6.10 Å². The first-order valence-corrected chi connectivity index (χ1v) is 6.65. The lowest BCUT2D eigenvalue weighted by molar-refractivity contribution is -0.160. The zero-order valence-electron chi connectivity index (χ0n) is 11.5. The van der Waals surface area contributed by atoms with Crippen LogP contribution in [0.4, 0.5) is 0 Å². The van der Waals surface area contributed by atoms with Gasteiger partial charge < -0.3 is 14.0 Å². The number of morpholine rings is 1. The van der Waals surface area contributed by atoms with E-state index in [1.54, 1.807) is 0 Å². The van der Waals surface area contributed by atoms with Crippen molar-refractivity contribution in [3.8, 4) is 0 Å². The second kappa shape index (κ2) is 6.68. The average Bonchev–Trinajstić information content (AvgIpc) is 2.86. The Labute approximate surface area is 113 Å². The van der Waals surface area contributed by atoms with Crippen molar-refractivity contribution in [2.45, 2.75) is 32.5 Å². The van der Waals surface area contributed by atoms with E-state index in [1.807, 2.05) is 12.5 Å². The van der Waals surface area contributed by atoms with E-state index in [-0.39, 0.29) is 5.97 Å². The maximum absolute atomic E-state index is 11.5. The lowest BCUT2D eigenvalue weighted by atomic mass is 10.2. The number of methoxy groups -OCH3 is 1. The van der Waals surface area contributed by atoms with Crippen LogP contribution in [0.15, 0.2) is 12.5 Å². The summed E-state index contributed by atoms with van der Waals surface area (Å²) < 4.78 is 12.3. The van der Waals surface area contributed by atoms with Crippen molar-refractivity contribution >= 4 is 5.97 Å². The molecule has 1 aromatic rings. The van der Waals surface area contributed by atoms with Gasteiger partial charge in [0, 0.05) is 32.4 Å². The molecule has 2 rings (SSSR count). The number of esters is 1. The third-order valence-corrected chi connectivity index (χ3v) is 3.26. The first-order chi connectivity index (χ1) is 9.24. The van der Waals surface area contributed by atoms with Gasteiger partial charge in [0.25, 0.3) is 0 Å². The number of carbonyl (C=O) groups excluding carboxylic acids is 1. The highest BCUT2D eigenvalue weighted by molar-refractivity contribution is 5.74. The normalized spacial score (nSPS) is 20.4. The van der Waals surface area contributed by atoms with Crippen LogP contribution in [0.5, 0.6) is 0 Å². The summed E-state index contributed by atoms with van der Waals surface area (Å²) in [5.74, 6) is -0.299. The molecule has 6 nitrogen and oxygen atoms in total. The van der Waals surface area contributed by atoms with Crippen LogP contribution < -0.4 is 0 Å². The summed E-state index contributed by atoms with van der Waals surface area (Å²) in [5.41, 5.74) is 1.17. The summed E-state index contributed by atoms with van der Waals surface area (Å²) in [6.07, 6.45) is 4.35. The minimum Gasteiger partial charge on any atom is -0.467 e. The molecule has 0 N–H and O–H groups in total. The van der Waals surface area contributed by atoms with Gasteiger partial charge in [0.1, 0.15) is 0 Å². The molecular formula is C13H21N3O3. The molecule has 0 amide bonds. The van der Waals surface area contributed by atoms with E-state index in [2.05, 4.69) is 21.4 Å². The Balaban J connectivity index is 1.94. The van der Waals surface area contributed by atoms with E-state index >= 15 is 0 Å². The van der Waals surface area contributed by atoms with Crippen LogP contribution in [0.3, 0.4) is 0 Å². The Morgan fingerprint density at radius 2 is 2.47 bits per heavy atom. The summed E-state index contributed by atoms with van der Waals surface area (Å²) in [6, 6.07) is 0. The molecule has 1 saturated heterocycles. The number of rotatable bonds is 5. The smallest absolute Gasteiger partial charge is 0.336 e. The molecule has 0 radical (unpaired) electrons. The van der Waals surface area contributed by atoms with Gasteiger partial charge in [-0.2, -0.15) is 0 Å². The van der Waals surface area contributed by atoms with Crippen molar-refractivity contribution in [2.24, 2.45) is 0 Å². The van der Waals surface area contributed by atoms with Gasteiger partial charge in [0.05, 0.1) is 25.7 Å². The lowest BCUT2D eigenvalue weighted by Gasteiger charge is -2.31. The van der Waals surface area contributed by atoms with Crippen LogP contribution in [0.25, 0.3) is 0 Å². The summed E-state index contributed by atoms with van der Waals surface area (Å²) in [7, 11) is 1.39. The van der Waals surface area contributed by atoms with E-state index < -0.39 is 6.10 Å². The number of hydrogen-bond acceptors (Lipinski definition) is 5. The Kier molecular flexibility index (Phi) is 4.93. The fourth-order valence-corrected chi connectivity index (χ4v) is 2.27. The van der Waals surface area contributed by atoms with Crippen molar-refractivity contribution < 1.29 is 14.3 Å². The molecule has 2 heterocycles. The highest BCUT2D eigenvalue weighted by Crippen LogP contribution is 2.11. The Morgan fingerprint density at radius 1 is 1.63 bits per heavy atom. The molecule has 19 heavy (non-hydrogen) atoms. The van der Waals surface area contributed by atoms with Crippen molar-refractivity contribution in [3.63, 3.8) is 0 Å². The van der Waals surface area contributed by atoms with E-state index in [1.165, 1.54) is 12.8 Å². The van der Waals surface area contributed by atoms with E-state index in [0.717, 1.165) is 26.1 Å². The van der Waals surface area contributed by atoms with Crippen molar-refractivity contribution in [2.75, 3.05) is 26.8 Å². The van der Waals surface area contributed by atoms with Gasteiger partial charge in [-0.15, -0.1) is 0 Å². The summed E-state index contributed by atoms with van der Waals surface area (Å²) in [4.78, 5) is 17.9. The number of hydrogen-bond donors (Lipinski definition) is 0. The monoisotopic (exact) mass is 267 g/mol. The van der Waals surface area contributed by atoms with Crippen molar-refractivity contribution in [1.29, 1.82) is 0 Å². The Bertz CT molecular complexity index is 419. The van der Waals surface area contributed by atoms with Gasteiger partial charge >= 0.3 is 5.97 Å². The average molecular weight is 267 g/mol. The van der Waals surface area contributed by atoms with E-state index in [0.29, 0.717) is 13.2 Å². The van der Waals surface area contributed by atoms with Crippen LogP contribution in [0.1, 0.15) is 19.0 Å². The highest BCUT2D eigenvalue weighted by atomic mass is 16.6. The first kappa shape index (κ1) is 14.0. The number of aryl methyl sites for hydroxylation is 1. The van der Waals surface area contributed by atoms with Gasteiger partial charge in [0.2, 0.25) is 0 Å². The molecule has 1 atom stereocenters. The molecule has 0 aromatic carbocycles. The standard InChI is InChI=1S/C13H21N3O3/c1-3-4-16-10-14-7-11(16)8-15-5-6-19-12(9-15)13(17)18-2/h7,10,12H,3-6,8-9H2,1-2H3. The third-order valence-electron chi connectivity index (χ3n) is 3.26. The Hall–Kier alpha value is -1.40. The highest BCUT2D eigenvalue weighted by Gasteiger charge is 2.27. The Morgan fingerprint density at radius 3 is 3.21 bits per heavy atom. The molecule has 6 heteroatoms.